The van der Waals surface area contributed by atoms with E-state index in [2.05, 4.69) is 0 Å². The van der Waals surface area contributed by atoms with E-state index in [1.165, 1.54) is 21.2 Å². The molecule has 0 saturated heterocycles. The van der Waals surface area contributed by atoms with Crippen LogP contribution in [-0.2, 0) is 8.25 Å². The fourth-order valence-corrected chi connectivity index (χ4v) is 0. The molecule has 0 spiro atoms. The molecule has 0 aliphatic carbocycles. The highest BCUT2D eigenvalue weighted by molar-refractivity contribution is 14.2. The first-order chi connectivity index (χ1) is 1.73. The topological polar surface area (TPSA) is 37.3 Å². The summed E-state index contributed by atoms with van der Waals surface area (Å²) < 4.78 is 16.6. The molecule has 4 heteroatoms. The van der Waals surface area contributed by atoms with Gasteiger partial charge in [-0.3, -0.25) is 4.55 Å². The zero-order valence-corrected chi connectivity index (χ0v) is 4.62. The Bertz CT molecular complexity index is 29.0. The van der Waals surface area contributed by atoms with Crippen LogP contribution >= 0.6 is 21.2 Å². The highest BCUT2D eigenvalue weighted by atomic mass is 127. The Kier molecular flexibility index (Phi) is 2.54. The Morgan fingerprint density at radius 3 is 2.00 bits per heavy atom. The van der Waals surface area contributed by atoms with Gasteiger partial charge in [-0.1, -0.05) is 0 Å². The molecule has 1 N–H and O–H groups in total. The molecule has 0 aromatic carbocycles. The van der Waals surface area contributed by atoms with E-state index >= 15 is 0 Å². The molecule has 0 heterocycles. The van der Waals surface area contributed by atoms with Crippen molar-refractivity contribution in [3.05, 3.63) is 0 Å². The highest BCUT2D eigenvalue weighted by Gasteiger charge is 1.64. The first-order valence-corrected chi connectivity index (χ1v) is 4.15. The Morgan fingerprint density at radius 1 is 2.00 bits per heavy atom. The molecular weight excluding hydrogens is 191 g/mol. The predicted molar refractivity (Wildman–Crippen MR) is 24.8 cm³/mol. The van der Waals surface area contributed by atoms with Gasteiger partial charge in [0.05, 0.1) is 21.2 Å². The maximum Gasteiger partial charge on any atom is 0.217 e. The molecule has 1 atom stereocenters. The fourth-order valence-electron chi connectivity index (χ4n) is 0. The van der Waals surface area contributed by atoms with Crippen molar-refractivity contribution in [1.29, 1.82) is 0 Å². The maximum absolute atomic E-state index is 9.10. The van der Waals surface area contributed by atoms with Crippen LogP contribution in [-0.4, -0.2) is 8.76 Å². The van der Waals surface area contributed by atoms with Crippen LogP contribution in [0.2, 0.25) is 0 Å². The molecule has 26 valence electrons. The molecule has 0 amide bonds. The van der Waals surface area contributed by atoms with E-state index in [1.807, 2.05) is 0 Å². The van der Waals surface area contributed by atoms with Gasteiger partial charge in [-0.15, -0.1) is 0 Å². The zero-order valence-electron chi connectivity index (χ0n) is 1.64. The van der Waals surface area contributed by atoms with E-state index in [0.29, 0.717) is 0 Å². The first kappa shape index (κ1) is 4.84. The van der Waals surface area contributed by atoms with Gasteiger partial charge in [-0.05, 0) is 0 Å². The van der Waals surface area contributed by atoms with Crippen LogP contribution < -0.4 is 0 Å². The van der Waals surface area contributed by atoms with Crippen molar-refractivity contribution in [3.63, 3.8) is 0 Å². The molecule has 0 aliphatic heterocycles. The van der Waals surface area contributed by atoms with E-state index in [9.17, 15) is 0 Å². The molecule has 0 aromatic rings. The number of hydrogen-bond acceptors (Lipinski definition) is 1. The molecule has 0 bridgehead atoms. The van der Waals surface area contributed by atoms with Crippen molar-refractivity contribution in [3.8, 4) is 0 Å². The van der Waals surface area contributed by atoms with Gasteiger partial charge in [-0.2, -0.15) is 0 Å². The smallest absolute Gasteiger partial charge is 0.217 e. The molecule has 0 rings (SSSR count). The summed E-state index contributed by atoms with van der Waals surface area (Å²) in [5, 5.41) is 0. The lowest BCUT2D eigenvalue weighted by molar-refractivity contribution is 0.583. The standard InChI is InChI=1S/HIO2S/c1-4(2)3/h(H,2,3). The van der Waals surface area contributed by atoms with Gasteiger partial charge in [0.25, 0.3) is 0 Å². The lowest BCUT2D eigenvalue weighted by Crippen LogP contribution is -1.58. The average molecular weight is 192 g/mol. The Labute approximate surface area is 38.5 Å². The zero-order chi connectivity index (χ0) is 3.58. The van der Waals surface area contributed by atoms with Crippen molar-refractivity contribution in [1.82, 2.24) is 0 Å². The van der Waals surface area contributed by atoms with Crippen LogP contribution in [0.15, 0.2) is 0 Å². The third kappa shape index (κ3) is 13.6. The minimum atomic E-state index is -1.64. The van der Waals surface area contributed by atoms with Gasteiger partial charge in [0.15, 0.2) is 0 Å². The Balaban J connectivity index is 2.80. The van der Waals surface area contributed by atoms with Crippen LogP contribution in [0.4, 0.5) is 0 Å². The third-order valence-corrected chi connectivity index (χ3v) is 0. The highest BCUT2D eigenvalue weighted by Crippen LogP contribution is 1.80. The first-order valence-electron chi connectivity index (χ1n) is 0.504. The summed E-state index contributed by atoms with van der Waals surface area (Å²) in [6.07, 6.45) is 0. The molecule has 2 nitrogen and oxygen atoms in total. The van der Waals surface area contributed by atoms with Gasteiger partial charge < -0.3 is 0 Å². The SMILES string of the molecule is O=S(O)I. The van der Waals surface area contributed by atoms with E-state index in [4.69, 9.17) is 8.76 Å². The van der Waals surface area contributed by atoms with Crippen molar-refractivity contribution in [2.75, 3.05) is 0 Å². The summed E-state index contributed by atoms with van der Waals surface area (Å²) in [7, 11) is -1.64. The van der Waals surface area contributed by atoms with Gasteiger partial charge in [0, 0.05) is 0 Å². The van der Waals surface area contributed by atoms with E-state index in [0.717, 1.165) is 0 Å². The maximum atomic E-state index is 9.10. The summed E-state index contributed by atoms with van der Waals surface area (Å²) in [4.78, 5) is 0. The molecule has 0 radical (unpaired) electrons. The van der Waals surface area contributed by atoms with Crippen LogP contribution in [0.25, 0.3) is 0 Å². The van der Waals surface area contributed by atoms with Gasteiger partial charge in [-0.25, -0.2) is 4.21 Å². The fraction of sp³-hybridized carbons (Fsp3) is 0. The second-order valence-corrected chi connectivity index (χ2v) is 2.88. The molecule has 0 fully saturated rings. The predicted octanol–water partition coefficient (Wildman–Crippen LogP) is 0.558. The van der Waals surface area contributed by atoms with Crippen LogP contribution in [0.5, 0.6) is 0 Å². The second-order valence-electron chi connectivity index (χ2n) is 0.207. The van der Waals surface area contributed by atoms with E-state index in [1.54, 1.807) is 0 Å². The minimum Gasteiger partial charge on any atom is -0.298 e. The van der Waals surface area contributed by atoms with Gasteiger partial charge >= 0.3 is 0 Å². The summed E-state index contributed by atoms with van der Waals surface area (Å²) in [5.74, 6) is 0. The Morgan fingerprint density at radius 2 is 2.00 bits per heavy atom. The number of halogens is 1. The molecular formula is HIO2S. The van der Waals surface area contributed by atoms with Crippen LogP contribution in [0, 0.1) is 0 Å². The quantitative estimate of drug-likeness (QED) is 0.346. The summed E-state index contributed by atoms with van der Waals surface area (Å²) in [6, 6.07) is 0. The largest absolute Gasteiger partial charge is 0.298 e. The van der Waals surface area contributed by atoms with Crippen molar-refractivity contribution in [2.45, 2.75) is 0 Å². The number of rotatable bonds is 0. The van der Waals surface area contributed by atoms with E-state index in [-0.39, 0.29) is 0 Å². The van der Waals surface area contributed by atoms with Gasteiger partial charge in [0.2, 0.25) is 8.25 Å². The summed E-state index contributed by atoms with van der Waals surface area (Å²) in [6.45, 7) is 0. The van der Waals surface area contributed by atoms with Crippen molar-refractivity contribution < 1.29 is 8.76 Å². The number of hydrogen-bond donors (Lipinski definition) is 1. The molecule has 0 aliphatic rings. The van der Waals surface area contributed by atoms with Crippen molar-refractivity contribution >= 4 is 29.5 Å². The summed E-state index contributed by atoms with van der Waals surface area (Å²) in [5.41, 5.74) is 0. The third-order valence-electron chi connectivity index (χ3n) is 0. The monoisotopic (exact) mass is 192 g/mol. The van der Waals surface area contributed by atoms with Crippen molar-refractivity contribution in [2.24, 2.45) is 0 Å². The minimum absolute atomic E-state index is 1.37. The normalized spacial score (nSPS) is 15.5. The van der Waals surface area contributed by atoms with Crippen LogP contribution in [0.1, 0.15) is 0 Å². The Hall–Kier alpha value is 0.840. The second kappa shape index (κ2) is 2.10. The van der Waals surface area contributed by atoms with Gasteiger partial charge in [0.1, 0.15) is 0 Å². The molecule has 4 heavy (non-hydrogen) atoms. The lowest BCUT2D eigenvalue weighted by Gasteiger charge is -1.56. The lowest BCUT2D eigenvalue weighted by atomic mass is 15.9. The molecule has 0 saturated carbocycles. The van der Waals surface area contributed by atoms with E-state index < -0.39 is 8.25 Å². The summed E-state index contributed by atoms with van der Waals surface area (Å²) >= 11 is 1.37. The molecule has 0 aromatic heterocycles. The van der Waals surface area contributed by atoms with Crippen LogP contribution in [0.3, 0.4) is 0 Å². The average Bonchev–Trinajstić information content (AvgIpc) is 0.811. The molecule has 1 unspecified atom stereocenters.